The maximum Gasteiger partial charge on any atom is 0.112 e. The van der Waals surface area contributed by atoms with Crippen LogP contribution < -0.4 is 0 Å². The summed E-state index contributed by atoms with van der Waals surface area (Å²) in [5.41, 5.74) is -1.54. The van der Waals surface area contributed by atoms with Gasteiger partial charge in [-0.2, -0.15) is 0 Å². The van der Waals surface area contributed by atoms with Crippen LogP contribution in [0.4, 0.5) is 0 Å². The topological polar surface area (TPSA) is 95.8 Å². The first-order valence-electron chi connectivity index (χ1n) is 8.34. The Morgan fingerprint density at radius 1 is 0.583 bits per heavy atom. The van der Waals surface area contributed by atoms with Gasteiger partial charge >= 0.3 is 0 Å². The fourth-order valence-electron chi connectivity index (χ4n) is 1.98. The second-order valence-electron chi connectivity index (χ2n) is 6.24. The fraction of sp³-hybridized carbons (Fsp3) is 1.00. The number of hydrogen-bond acceptors (Lipinski definition) is 8. The van der Waals surface area contributed by atoms with E-state index >= 15 is 0 Å². The van der Waals surface area contributed by atoms with E-state index in [1.54, 1.807) is 13.8 Å². The minimum atomic E-state index is -0.770. The van der Waals surface area contributed by atoms with E-state index in [4.69, 9.17) is 28.4 Å². The van der Waals surface area contributed by atoms with Crippen LogP contribution in [-0.4, -0.2) is 101 Å². The lowest BCUT2D eigenvalue weighted by molar-refractivity contribution is -0.144. The van der Waals surface area contributed by atoms with Gasteiger partial charge in [0.2, 0.25) is 0 Å². The zero-order chi connectivity index (χ0) is 17.7. The predicted octanol–water partition coefficient (Wildman–Crippen LogP) is -0.398. The predicted molar refractivity (Wildman–Crippen MR) is 86.2 cm³/mol. The number of ether oxygens (including phenoxy) is 6. The molecule has 0 aliphatic carbocycles. The van der Waals surface area contributed by atoms with E-state index in [9.17, 15) is 10.2 Å². The van der Waals surface area contributed by atoms with Crippen molar-refractivity contribution >= 4 is 0 Å². The van der Waals surface area contributed by atoms with Crippen molar-refractivity contribution in [3.8, 4) is 0 Å². The van der Waals surface area contributed by atoms with Gasteiger partial charge in [0.25, 0.3) is 0 Å². The third kappa shape index (κ3) is 9.24. The first-order chi connectivity index (χ1) is 11.5. The third-order valence-electron chi connectivity index (χ3n) is 3.58. The molecule has 8 nitrogen and oxygen atoms in total. The van der Waals surface area contributed by atoms with Crippen LogP contribution in [0.3, 0.4) is 0 Å². The van der Waals surface area contributed by atoms with Gasteiger partial charge in [0, 0.05) is 0 Å². The molecule has 0 spiro atoms. The zero-order valence-corrected chi connectivity index (χ0v) is 14.8. The van der Waals surface area contributed by atoms with Crippen molar-refractivity contribution in [1.29, 1.82) is 0 Å². The lowest BCUT2D eigenvalue weighted by Gasteiger charge is -2.29. The van der Waals surface area contributed by atoms with Gasteiger partial charge in [-0.25, -0.2) is 0 Å². The average molecular weight is 352 g/mol. The summed E-state index contributed by atoms with van der Waals surface area (Å²) in [5, 5.41) is 18.9. The monoisotopic (exact) mass is 352 g/mol. The molecule has 0 amide bonds. The molecule has 2 atom stereocenters. The van der Waals surface area contributed by atoms with Gasteiger partial charge in [-0.05, 0) is 13.8 Å². The van der Waals surface area contributed by atoms with E-state index in [2.05, 4.69) is 0 Å². The lowest BCUT2D eigenvalue weighted by atomic mass is 10.1. The Kier molecular flexibility index (Phi) is 11.0. The summed E-state index contributed by atoms with van der Waals surface area (Å²) < 4.78 is 33.1. The SMILES string of the molecule is C[C@]1(CO)COCCOC[C@](C)(CO)OCCOCCOCCO1. The summed E-state index contributed by atoms with van der Waals surface area (Å²) in [7, 11) is 0. The van der Waals surface area contributed by atoms with E-state index in [0.717, 1.165) is 0 Å². The minimum absolute atomic E-state index is 0.145. The Morgan fingerprint density at radius 2 is 0.917 bits per heavy atom. The normalized spacial score (nSPS) is 33.5. The van der Waals surface area contributed by atoms with Gasteiger partial charge in [-0.3, -0.25) is 0 Å². The Morgan fingerprint density at radius 3 is 1.29 bits per heavy atom. The van der Waals surface area contributed by atoms with E-state index in [1.807, 2.05) is 0 Å². The Balaban J connectivity index is 2.44. The first-order valence-corrected chi connectivity index (χ1v) is 8.34. The molecular weight excluding hydrogens is 320 g/mol. The van der Waals surface area contributed by atoms with Crippen molar-refractivity contribution in [3.05, 3.63) is 0 Å². The molecule has 0 saturated carbocycles. The molecular formula is C16H32O8. The van der Waals surface area contributed by atoms with Crippen LogP contribution in [0.25, 0.3) is 0 Å². The standard InChI is InChI=1S/C16H32O8/c1-15(11-17)13-21-5-6-22-14-16(2,12-18)24-10-8-20-4-3-19-7-9-23-15/h17-18H,3-14H2,1-2H3/t15-,16-/m0/s1. The molecule has 2 N–H and O–H groups in total. The molecule has 1 fully saturated rings. The smallest absolute Gasteiger partial charge is 0.112 e. The molecule has 1 rings (SSSR count). The molecule has 0 unspecified atom stereocenters. The van der Waals surface area contributed by atoms with Gasteiger partial charge < -0.3 is 38.6 Å². The Hall–Kier alpha value is -0.320. The minimum Gasteiger partial charge on any atom is -0.393 e. The summed E-state index contributed by atoms with van der Waals surface area (Å²) in [6, 6.07) is 0. The number of aliphatic hydroxyl groups excluding tert-OH is 2. The van der Waals surface area contributed by atoms with Gasteiger partial charge in [0.1, 0.15) is 11.2 Å². The second kappa shape index (κ2) is 12.1. The van der Waals surface area contributed by atoms with Gasteiger partial charge in [-0.1, -0.05) is 0 Å². The highest BCUT2D eigenvalue weighted by Gasteiger charge is 2.26. The number of aliphatic hydroxyl groups is 2. The largest absolute Gasteiger partial charge is 0.393 e. The van der Waals surface area contributed by atoms with Crippen LogP contribution in [0.5, 0.6) is 0 Å². The second-order valence-corrected chi connectivity index (χ2v) is 6.24. The van der Waals surface area contributed by atoms with Crippen LogP contribution in [0.1, 0.15) is 13.8 Å². The zero-order valence-electron chi connectivity index (χ0n) is 14.8. The van der Waals surface area contributed by atoms with E-state index in [-0.39, 0.29) is 26.4 Å². The lowest BCUT2D eigenvalue weighted by Crippen LogP contribution is -2.41. The van der Waals surface area contributed by atoms with Crippen molar-refractivity contribution in [2.24, 2.45) is 0 Å². The maximum absolute atomic E-state index is 9.47. The summed E-state index contributed by atoms with van der Waals surface area (Å²) >= 11 is 0. The van der Waals surface area contributed by atoms with Crippen molar-refractivity contribution in [2.75, 3.05) is 79.3 Å². The summed E-state index contributed by atoms with van der Waals surface area (Å²) in [6.07, 6.45) is 0. The highest BCUT2D eigenvalue weighted by atomic mass is 16.6. The van der Waals surface area contributed by atoms with Gasteiger partial charge in [0.05, 0.1) is 79.3 Å². The van der Waals surface area contributed by atoms with Crippen LogP contribution in [0, 0.1) is 0 Å². The van der Waals surface area contributed by atoms with E-state index < -0.39 is 11.2 Å². The maximum atomic E-state index is 9.47. The van der Waals surface area contributed by atoms with E-state index in [1.165, 1.54) is 0 Å². The van der Waals surface area contributed by atoms with Crippen LogP contribution in [0.2, 0.25) is 0 Å². The Bertz CT molecular complexity index is 286. The Labute approximate surface area is 143 Å². The van der Waals surface area contributed by atoms with Crippen molar-refractivity contribution < 1.29 is 38.6 Å². The quantitative estimate of drug-likeness (QED) is 0.693. The van der Waals surface area contributed by atoms with Gasteiger partial charge in [-0.15, -0.1) is 0 Å². The van der Waals surface area contributed by atoms with E-state index in [0.29, 0.717) is 52.9 Å². The highest BCUT2D eigenvalue weighted by Crippen LogP contribution is 2.12. The molecule has 0 bridgehead atoms. The first kappa shape index (κ1) is 21.7. The molecule has 0 aromatic carbocycles. The molecule has 0 radical (unpaired) electrons. The fourth-order valence-corrected chi connectivity index (χ4v) is 1.98. The number of rotatable bonds is 2. The molecule has 1 aliphatic rings. The molecule has 0 aromatic rings. The van der Waals surface area contributed by atoms with Crippen molar-refractivity contribution in [2.45, 2.75) is 25.0 Å². The number of hydrogen-bond donors (Lipinski definition) is 2. The van der Waals surface area contributed by atoms with Crippen LogP contribution in [0.15, 0.2) is 0 Å². The average Bonchev–Trinajstić information content (AvgIpc) is 2.59. The van der Waals surface area contributed by atoms with Crippen molar-refractivity contribution in [3.63, 3.8) is 0 Å². The van der Waals surface area contributed by atoms with Crippen LogP contribution in [-0.2, 0) is 28.4 Å². The van der Waals surface area contributed by atoms with Gasteiger partial charge in [0.15, 0.2) is 0 Å². The third-order valence-corrected chi connectivity index (χ3v) is 3.58. The molecule has 8 heteroatoms. The molecule has 0 aromatic heterocycles. The summed E-state index contributed by atoms with van der Waals surface area (Å²) in [6.45, 7) is 6.99. The molecule has 1 saturated heterocycles. The molecule has 1 aliphatic heterocycles. The summed E-state index contributed by atoms with van der Waals surface area (Å²) in [4.78, 5) is 0. The summed E-state index contributed by atoms with van der Waals surface area (Å²) in [5.74, 6) is 0. The molecule has 24 heavy (non-hydrogen) atoms. The highest BCUT2D eigenvalue weighted by molar-refractivity contribution is 4.74. The molecule has 144 valence electrons. The van der Waals surface area contributed by atoms with Crippen LogP contribution >= 0.6 is 0 Å². The molecule has 1 heterocycles. The van der Waals surface area contributed by atoms with Crippen molar-refractivity contribution in [1.82, 2.24) is 0 Å².